The van der Waals surface area contributed by atoms with E-state index in [9.17, 15) is 5.11 Å². The van der Waals surface area contributed by atoms with Crippen molar-refractivity contribution in [2.75, 3.05) is 10.6 Å². The van der Waals surface area contributed by atoms with Crippen molar-refractivity contribution in [2.24, 2.45) is 0 Å². The third-order valence-corrected chi connectivity index (χ3v) is 4.92. The van der Waals surface area contributed by atoms with Crippen molar-refractivity contribution in [2.45, 2.75) is 37.8 Å². The molecule has 1 aliphatic rings. The molecule has 0 aromatic carbocycles. The van der Waals surface area contributed by atoms with E-state index in [1.807, 2.05) is 11.4 Å². The average Bonchev–Trinajstić information content (AvgIpc) is 3.21. The van der Waals surface area contributed by atoms with Gasteiger partial charge in [0, 0.05) is 12.1 Å². The minimum Gasteiger partial charge on any atom is -0.393 e. The number of nitrogens with one attached hydrogen (secondary N) is 2. The van der Waals surface area contributed by atoms with Gasteiger partial charge in [0.2, 0.25) is 11.8 Å². The van der Waals surface area contributed by atoms with Crippen molar-refractivity contribution in [1.29, 1.82) is 0 Å². The van der Waals surface area contributed by atoms with Crippen molar-refractivity contribution < 1.29 is 9.63 Å². The van der Waals surface area contributed by atoms with Crippen molar-refractivity contribution in [3.8, 4) is 0 Å². The molecule has 120 valence electrons. The quantitative estimate of drug-likeness (QED) is 0.676. The number of rotatable bonds is 4. The fourth-order valence-electron chi connectivity index (χ4n) is 2.82. The number of hydrogen-bond acceptors (Lipinski definition) is 8. The van der Waals surface area contributed by atoms with Crippen LogP contribution in [0.4, 0.5) is 17.7 Å². The Morgan fingerprint density at radius 1 is 1.17 bits per heavy atom. The molecule has 3 heterocycles. The highest BCUT2D eigenvalue weighted by molar-refractivity contribution is 7.17. The number of thiophene rings is 1. The van der Waals surface area contributed by atoms with Gasteiger partial charge in [0.05, 0.1) is 22.5 Å². The summed E-state index contributed by atoms with van der Waals surface area (Å²) >= 11 is 1.62. The highest BCUT2D eigenvalue weighted by Gasteiger charge is 2.21. The van der Waals surface area contributed by atoms with Gasteiger partial charge < -0.3 is 14.9 Å². The van der Waals surface area contributed by atoms with Gasteiger partial charge in [0.1, 0.15) is 5.82 Å². The summed E-state index contributed by atoms with van der Waals surface area (Å²) in [5.41, 5.74) is 0.894. The number of aliphatic hydroxyl groups excluding tert-OH is 1. The second-order valence-corrected chi connectivity index (χ2v) is 6.60. The fourth-order valence-corrected chi connectivity index (χ4v) is 3.60. The van der Waals surface area contributed by atoms with Gasteiger partial charge in [-0.25, -0.2) is 4.98 Å². The van der Waals surface area contributed by atoms with Crippen LogP contribution >= 0.6 is 11.3 Å². The zero-order chi connectivity index (χ0) is 15.6. The standard InChI is InChI=1S/C15H17N5O2S/c21-10-3-1-9(2-4-10)17-14-13-11(6-8-23-13)18-15(20-14)19-12-5-7-16-22-12/h5-10,21H,1-4H2,(H2,17,18,19,20). The maximum Gasteiger partial charge on any atom is 0.232 e. The van der Waals surface area contributed by atoms with Crippen LogP contribution in [-0.2, 0) is 0 Å². The van der Waals surface area contributed by atoms with E-state index in [2.05, 4.69) is 25.8 Å². The third-order valence-electron chi connectivity index (χ3n) is 4.01. The monoisotopic (exact) mass is 331 g/mol. The summed E-state index contributed by atoms with van der Waals surface area (Å²) in [5, 5.41) is 21.8. The SMILES string of the molecule is OC1CCC(Nc2nc(Nc3ccno3)nc3ccsc23)CC1. The fraction of sp³-hybridized carbons (Fsp3) is 0.400. The molecule has 3 aromatic rings. The van der Waals surface area contributed by atoms with Crippen LogP contribution in [0.2, 0.25) is 0 Å². The second kappa shape index (κ2) is 6.13. The van der Waals surface area contributed by atoms with Crippen LogP contribution in [0.25, 0.3) is 10.2 Å². The molecular weight excluding hydrogens is 314 g/mol. The van der Waals surface area contributed by atoms with Gasteiger partial charge in [-0.05, 0) is 37.1 Å². The molecule has 0 spiro atoms. The highest BCUT2D eigenvalue weighted by Crippen LogP contribution is 2.30. The maximum absolute atomic E-state index is 9.64. The van der Waals surface area contributed by atoms with Crippen LogP contribution in [-0.4, -0.2) is 32.4 Å². The Bertz CT molecular complexity index is 780. The summed E-state index contributed by atoms with van der Waals surface area (Å²) in [5.74, 6) is 1.81. The molecule has 23 heavy (non-hydrogen) atoms. The first kappa shape index (κ1) is 14.4. The largest absolute Gasteiger partial charge is 0.393 e. The highest BCUT2D eigenvalue weighted by atomic mass is 32.1. The predicted octanol–water partition coefficient (Wildman–Crippen LogP) is 3.14. The van der Waals surface area contributed by atoms with Gasteiger partial charge in [0.15, 0.2) is 0 Å². The first-order chi connectivity index (χ1) is 11.3. The van der Waals surface area contributed by atoms with E-state index in [1.54, 1.807) is 23.6 Å². The van der Waals surface area contributed by atoms with Gasteiger partial charge in [-0.3, -0.25) is 5.32 Å². The van der Waals surface area contributed by atoms with Crippen molar-refractivity contribution in [1.82, 2.24) is 15.1 Å². The van der Waals surface area contributed by atoms with Crippen LogP contribution in [0.1, 0.15) is 25.7 Å². The number of aliphatic hydroxyl groups is 1. The van der Waals surface area contributed by atoms with Gasteiger partial charge in [-0.15, -0.1) is 11.3 Å². The van der Waals surface area contributed by atoms with E-state index in [-0.39, 0.29) is 6.10 Å². The average molecular weight is 331 g/mol. The zero-order valence-electron chi connectivity index (χ0n) is 12.4. The lowest BCUT2D eigenvalue weighted by atomic mass is 9.93. The lowest BCUT2D eigenvalue weighted by molar-refractivity contribution is 0.126. The molecule has 1 aliphatic carbocycles. The Morgan fingerprint density at radius 3 is 2.83 bits per heavy atom. The molecule has 0 radical (unpaired) electrons. The van der Waals surface area contributed by atoms with E-state index >= 15 is 0 Å². The smallest absolute Gasteiger partial charge is 0.232 e. The molecule has 8 heteroatoms. The molecule has 0 amide bonds. The first-order valence-corrected chi connectivity index (χ1v) is 8.53. The molecule has 3 N–H and O–H groups in total. The Morgan fingerprint density at radius 2 is 2.04 bits per heavy atom. The molecular formula is C15H17N5O2S. The Kier molecular flexibility index (Phi) is 3.84. The molecule has 0 bridgehead atoms. The number of anilines is 3. The summed E-state index contributed by atoms with van der Waals surface area (Å²) in [6.45, 7) is 0. The summed E-state index contributed by atoms with van der Waals surface area (Å²) in [6, 6.07) is 4.02. The molecule has 1 saturated carbocycles. The topological polar surface area (TPSA) is 96.1 Å². The maximum atomic E-state index is 9.64. The van der Waals surface area contributed by atoms with Crippen LogP contribution in [0.3, 0.4) is 0 Å². The van der Waals surface area contributed by atoms with E-state index in [0.29, 0.717) is 17.9 Å². The lowest BCUT2D eigenvalue weighted by Gasteiger charge is -2.26. The minimum atomic E-state index is -0.163. The number of hydrogen-bond donors (Lipinski definition) is 3. The second-order valence-electron chi connectivity index (χ2n) is 5.68. The minimum absolute atomic E-state index is 0.163. The number of nitrogens with zero attached hydrogens (tertiary/aromatic N) is 3. The lowest BCUT2D eigenvalue weighted by Crippen LogP contribution is -2.28. The predicted molar refractivity (Wildman–Crippen MR) is 89.1 cm³/mol. The molecule has 3 aromatic heterocycles. The van der Waals surface area contributed by atoms with E-state index < -0.39 is 0 Å². The van der Waals surface area contributed by atoms with Crippen LogP contribution in [0.15, 0.2) is 28.2 Å². The normalized spacial score (nSPS) is 21.4. The zero-order valence-corrected chi connectivity index (χ0v) is 13.2. The Labute approximate surface area is 136 Å². The van der Waals surface area contributed by atoms with Gasteiger partial charge in [-0.2, -0.15) is 4.98 Å². The number of fused-ring (bicyclic) bond motifs is 1. The van der Waals surface area contributed by atoms with Crippen LogP contribution < -0.4 is 10.6 Å². The molecule has 1 fully saturated rings. The molecule has 0 aliphatic heterocycles. The van der Waals surface area contributed by atoms with Gasteiger partial charge in [0.25, 0.3) is 0 Å². The van der Waals surface area contributed by atoms with Crippen molar-refractivity contribution in [3.05, 3.63) is 23.7 Å². The third kappa shape index (κ3) is 3.13. The Balaban J connectivity index is 1.60. The van der Waals surface area contributed by atoms with Crippen LogP contribution in [0, 0.1) is 0 Å². The first-order valence-electron chi connectivity index (χ1n) is 7.65. The van der Waals surface area contributed by atoms with Crippen LogP contribution in [0.5, 0.6) is 0 Å². The van der Waals surface area contributed by atoms with Gasteiger partial charge >= 0.3 is 0 Å². The van der Waals surface area contributed by atoms with E-state index in [0.717, 1.165) is 41.7 Å². The molecule has 0 atom stereocenters. The Hall–Kier alpha value is -2.19. The van der Waals surface area contributed by atoms with E-state index in [1.165, 1.54) is 0 Å². The molecule has 7 nitrogen and oxygen atoms in total. The van der Waals surface area contributed by atoms with Gasteiger partial charge in [-0.1, -0.05) is 5.16 Å². The van der Waals surface area contributed by atoms with Crippen molar-refractivity contribution >= 4 is 39.2 Å². The molecule has 0 unspecified atom stereocenters. The molecule has 0 saturated heterocycles. The summed E-state index contributed by atoms with van der Waals surface area (Å²) < 4.78 is 6.09. The summed E-state index contributed by atoms with van der Waals surface area (Å²) in [7, 11) is 0. The summed E-state index contributed by atoms with van der Waals surface area (Å²) in [6.07, 6.45) is 4.96. The van der Waals surface area contributed by atoms with Crippen molar-refractivity contribution in [3.63, 3.8) is 0 Å². The van der Waals surface area contributed by atoms with E-state index in [4.69, 9.17) is 4.52 Å². The molecule has 4 rings (SSSR count). The summed E-state index contributed by atoms with van der Waals surface area (Å²) in [4.78, 5) is 9.08. The number of aromatic nitrogens is 3.